The first-order chi connectivity index (χ1) is 13.9. The third-order valence-corrected chi connectivity index (χ3v) is 7.85. The van der Waals surface area contributed by atoms with E-state index in [0.29, 0.717) is 30.7 Å². The molecular weight excluding hydrogens is 370 g/mol. The highest BCUT2D eigenvalue weighted by Crippen LogP contribution is 2.42. The van der Waals surface area contributed by atoms with Crippen LogP contribution in [-0.4, -0.2) is 90.8 Å². The molecule has 1 saturated carbocycles. The van der Waals surface area contributed by atoms with E-state index in [4.69, 9.17) is 9.47 Å². The molecule has 2 atom stereocenters. The molecule has 3 aliphatic heterocycles. The van der Waals surface area contributed by atoms with Crippen LogP contribution in [0.25, 0.3) is 0 Å². The molecule has 4 fully saturated rings. The lowest BCUT2D eigenvalue weighted by Crippen LogP contribution is -2.63. The summed E-state index contributed by atoms with van der Waals surface area (Å²) in [6.07, 6.45) is 7.59. The van der Waals surface area contributed by atoms with Gasteiger partial charge in [0, 0.05) is 38.6 Å². The molecule has 0 aromatic carbocycles. The van der Waals surface area contributed by atoms with E-state index in [-0.39, 0.29) is 24.1 Å². The first kappa shape index (κ1) is 20.9. The fraction of sp³-hybridized carbons (Fsp3) is 0.909. The predicted octanol–water partition coefficient (Wildman–Crippen LogP) is 2.49. The SMILES string of the molecule is COC(=O)N1C2COCC1CC(N1CCC(N(CC3(C)CCC3)C(C)=O)CC1)C2. The van der Waals surface area contributed by atoms with Crippen LogP contribution in [0, 0.1) is 5.41 Å². The van der Waals surface area contributed by atoms with E-state index in [1.165, 1.54) is 26.4 Å². The van der Waals surface area contributed by atoms with Crippen molar-refractivity contribution in [1.82, 2.24) is 14.7 Å². The lowest BCUT2D eigenvalue weighted by Gasteiger charge is -2.51. The molecule has 2 bridgehead atoms. The number of fused-ring (bicyclic) bond motifs is 2. The van der Waals surface area contributed by atoms with Crippen molar-refractivity contribution in [2.45, 2.75) is 83.0 Å². The maximum absolute atomic E-state index is 12.4. The van der Waals surface area contributed by atoms with Gasteiger partial charge >= 0.3 is 6.09 Å². The maximum atomic E-state index is 12.4. The van der Waals surface area contributed by atoms with Gasteiger partial charge in [0.25, 0.3) is 0 Å². The van der Waals surface area contributed by atoms with Gasteiger partial charge in [-0.2, -0.15) is 0 Å². The van der Waals surface area contributed by atoms with Crippen LogP contribution in [0.1, 0.15) is 58.8 Å². The van der Waals surface area contributed by atoms with E-state index in [9.17, 15) is 9.59 Å². The number of carbonyl (C=O) groups is 2. The summed E-state index contributed by atoms with van der Waals surface area (Å²) in [7, 11) is 1.46. The predicted molar refractivity (Wildman–Crippen MR) is 110 cm³/mol. The van der Waals surface area contributed by atoms with Gasteiger partial charge in [0.15, 0.2) is 0 Å². The Labute approximate surface area is 174 Å². The summed E-state index contributed by atoms with van der Waals surface area (Å²) < 4.78 is 10.7. The summed E-state index contributed by atoms with van der Waals surface area (Å²) in [5.41, 5.74) is 0.334. The van der Waals surface area contributed by atoms with E-state index >= 15 is 0 Å². The minimum absolute atomic E-state index is 0.116. The van der Waals surface area contributed by atoms with Crippen LogP contribution in [-0.2, 0) is 14.3 Å². The van der Waals surface area contributed by atoms with Gasteiger partial charge in [0.2, 0.25) is 5.91 Å². The van der Waals surface area contributed by atoms with Crippen molar-refractivity contribution < 1.29 is 19.1 Å². The Kier molecular flexibility index (Phi) is 6.07. The quantitative estimate of drug-likeness (QED) is 0.717. The normalized spacial score (nSPS) is 32.4. The molecule has 2 amide bonds. The number of methoxy groups -OCH3 is 1. The van der Waals surface area contributed by atoms with Crippen molar-refractivity contribution in [3.05, 3.63) is 0 Å². The minimum Gasteiger partial charge on any atom is -0.453 e. The number of rotatable bonds is 4. The Balaban J connectivity index is 1.34. The van der Waals surface area contributed by atoms with Gasteiger partial charge in [0.05, 0.1) is 32.4 Å². The molecule has 3 heterocycles. The number of amides is 2. The van der Waals surface area contributed by atoms with E-state index in [2.05, 4.69) is 16.7 Å². The maximum Gasteiger partial charge on any atom is 0.410 e. The van der Waals surface area contributed by atoms with Gasteiger partial charge in [-0.15, -0.1) is 0 Å². The van der Waals surface area contributed by atoms with Crippen LogP contribution < -0.4 is 0 Å². The monoisotopic (exact) mass is 407 g/mol. The topological polar surface area (TPSA) is 62.3 Å². The number of nitrogens with zero attached hydrogens (tertiary/aromatic N) is 3. The summed E-state index contributed by atoms with van der Waals surface area (Å²) in [5.74, 6) is 0.231. The highest BCUT2D eigenvalue weighted by atomic mass is 16.5. The second-order valence-corrected chi connectivity index (χ2v) is 9.93. The summed E-state index contributed by atoms with van der Waals surface area (Å²) in [4.78, 5) is 31.2. The van der Waals surface area contributed by atoms with Crippen LogP contribution in [0.2, 0.25) is 0 Å². The first-order valence-corrected chi connectivity index (χ1v) is 11.4. The van der Waals surface area contributed by atoms with Crippen molar-refractivity contribution in [3.63, 3.8) is 0 Å². The Morgan fingerprint density at radius 2 is 1.72 bits per heavy atom. The second-order valence-electron chi connectivity index (χ2n) is 9.93. The molecule has 0 N–H and O–H groups in total. The van der Waals surface area contributed by atoms with E-state index in [1.54, 1.807) is 6.92 Å². The zero-order chi connectivity index (χ0) is 20.6. The summed E-state index contributed by atoms with van der Waals surface area (Å²) in [5, 5.41) is 0. The molecule has 0 aromatic rings. The Morgan fingerprint density at radius 3 is 2.21 bits per heavy atom. The van der Waals surface area contributed by atoms with Crippen molar-refractivity contribution in [1.29, 1.82) is 0 Å². The molecule has 29 heavy (non-hydrogen) atoms. The molecular formula is C22H37N3O4. The Bertz CT molecular complexity index is 601. The molecule has 4 rings (SSSR count). The van der Waals surface area contributed by atoms with Crippen LogP contribution in [0.15, 0.2) is 0 Å². The number of hydrogen-bond acceptors (Lipinski definition) is 5. The average Bonchev–Trinajstić information content (AvgIpc) is 2.69. The number of morpholine rings is 1. The van der Waals surface area contributed by atoms with Gasteiger partial charge in [-0.25, -0.2) is 4.79 Å². The van der Waals surface area contributed by atoms with Gasteiger partial charge < -0.3 is 19.3 Å². The molecule has 4 aliphatic rings. The van der Waals surface area contributed by atoms with E-state index in [0.717, 1.165) is 45.3 Å². The largest absolute Gasteiger partial charge is 0.453 e. The fourth-order valence-corrected chi connectivity index (χ4v) is 6.00. The van der Waals surface area contributed by atoms with Crippen LogP contribution in [0.3, 0.4) is 0 Å². The molecule has 0 spiro atoms. The number of likely N-dealkylation sites (tertiary alicyclic amines) is 1. The molecule has 2 unspecified atom stereocenters. The highest BCUT2D eigenvalue weighted by Gasteiger charge is 2.45. The average molecular weight is 408 g/mol. The van der Waals surface area contributed by atoms with Gasteiger partial charge in [-0.05, 0) is 43.9 Å². The smallest absolute Gasteiger partial charge is 0.410 e. The summed E-state index contributed by atoms with van der Waals surface area (Å²) >= 11 is 0. The Morgan fingerprint density at radius 1 is 1.10 bits per heavy atom. The fourth-order valence-electron chi connectivity index (χ4n) is 6.00. The minimum atomic E-state index is -0.220. The van der Waals surface area contributed by atoms with Gasteiger partial charge in [-0.1, -0.05) is 13.3 Å². The molecule has 164 valence electrons. The molecule has 0 aromatic heterocycles. The van der Waals surface area contributed by atoms with Crippen molar-refractivity contribution in [2.24, 2.45) is 5.41 Å². The number of ether oxygens (including phenoxy) is 2. The third kappa shape index (κ3) is 4.26. The van der Waals surface area contributed by atoms with Crippen molar-refractivity contribution in [2.75, 3.05) is 40.0 Å². The molecule has 0 radical (unpaired) electrons. The molecule has 3 saturated heterocycles. The molecule has 7 heteroatoms. The lowest BCUT2D eigenvalue weighted by molar-refractivity contribution is -0.135. The van der Waals surface area contributed by atoms with E-state index < -0.39 is 0 Å². The number of hydrogen-bond donors (Lipinski definition) is 0. The zero-order valence-corrected chi connectivity index (χ0v) is 18.3. The summed E-state index contributed by atoms with van der Waals surface area (Å²) in [6.45, 7) is 8.27. The summed E-state index contributed by atoms with van der Waals surface area (Å²) in [6, 6.07) is 1.10. The number of carbonyl (C=O) groups excluding carboxylic acids is 2. The van der Waals surface area contributed by atoms with E-state index in [1.807, 2.05) is 4.90 Å². The molecule has 7 nitrogen and oxygen atoms in total. The van der Waals surface area contributed by atoms with Crippen molar-refractivity contribution in [3.8, 4) is 0 Å². The van der Waals surface area contributed by atoms with Crippen LogP contribution >= 0.6 is 0 Å². The van der Waals surface area contributed by atoms with Gasteiger partial charge in [0.1, 0.15) is 0 Å². The zero-order valence-electron chi connectivity index (χ0n) is 18.3. The standard InChI is InChI=1S/C22H37N3O4/c1-16(26)24(15-22(2)7-4-8-22)17-5-9-23(10-6-17)18-11-19-13-29-14-20(12-18)25(19)21(27)28-3/h17-20H,4-15H2,1-3H3. The Hall–Kier alpha value is -1.34. The lowest BCUT2D eigenvalue weighted by atomic mass is 9.70. The highest BCUT2D eigenvalue weighted by molar-refractivity contribution is 5.73. The first-order valence-electron chi connectivity index (χ1n) is 11.4. The van der Waals surface area contributed by atoms with Gasteiger partial charge in [-0.3, -0.25) is 9.69 Å². The second kappa shape index (κ2) is 8.42. The van der Waals surface area contributed by atoms with Crippen molar-refractivity contribution >= 4 is 12.0 Å². The molecule has 1 aliphatic carbocycles. The van der Waals surface area contributed by atoms with Crippen LogP contribution in [0.4, 0.5) is 4.79 Å². The van der Waals surface area contributed by atoms with Crippen LogP contribution in [0.5, 0.6) is 0 Å². The number of piperidine rings is 2. The third-order valence-electron chi connectivity index (χ3n) is 7.85.